The van der Waals surface area contributed by atoms with Gasteiger partial charge in [-0.3, -0.25) is 0 Å². The van der Waals surface area contributed by atoms with Gasteiger partial charge in [-0.25, -0.2) is 0 Å². The van der Waals surface area contributed by atoms with Gasteiger partial charge in [-0.15, -0.1) is 0 Å². The highest BCUT2D eigenvalue weighted by Crippen LogP contribution is 2.34. The molecule has 0 radical (unpaired) electrons. The minimum Gasteiger partial charge on any atom is -0.367 e. The van der Waals surface area contributed by atoms with Crippen LogP contribution in [0.5, 0.6) is 0 Å². The van der Waals surface area contributed by atoms with E-state index in [1.165, 1.54) is 5.56 Å². The fourth-order valence-electron chi connectivity index (χ4n) is 1.86. The van der Waals surface area contributed by atoms with Crippen LogP contribution in [0.3, 0.4) is 0 Å². The molecular formula is C14H18N2O. The summed E-state index contributed by atoms with van der Waals surface area (Å²) >= 11 is 0. The van der Waals surface area contributed by atoms with E-state index in [4.69, 9.17) is 10.3 Å². The molecule has 1 atom stereocenters. The van der Waals surface area contributed by atoms with E-state index in [0.29, 0.717) is 11.8 Å². The molecule has 0 amide bonds. The SMILES string of the molecule is CCC(C)c1noc(N)c1-c1ccc(C)cc1. The molecule has 0 saturated carbocycles. The Morgan fingerprint density at radius 3 is 2.53 bits per heavy atom. The Labute approximate surface area is 102 Å². The first-order valence-electron chi connectivity index (χ1n) is 5.95. The van der Waals surface area contributed by atoms with E-state index in [-0.39, 0.29) is 0 Å². The van der Waals surface area contributed by atoms with E-state index < -0.39 is 0 Å². The summed E-state index contributed by atoms with van der Waals surface area (Å²) < 4.78 is 5.13. The first kappa shape index (κ1) is 11.7. The highest BCUT2D eigenvalue weighted by atomic mass is 16.5. The zero-order valence-electron chi connectivity index (χ0n) is 10.5. The van der Waals surface area contributed by atoms with Crippen molar-refractivity contribution in [1.29, 1.82) is 0 Å². The third-order valence-electron chi connectivity index (χ3n) is 3.16. The average molecular weight is 230 g/mol. The van der Waals surface area contributed by atoms with Gasteiger partial charge >= 0.3 is 0 Å². The Morgan fingerprint density at radius 1 is 1.29 bits per heavy atom. The maximum absolute atomic E-state index is 5.87. The molecular weight excluding hydrogens is 212 g/mol. The summed E-state index contributed by atoms with van der Waals surface area (Å²) in [6.07, 6.45) is 1.02. The van der Waals surface area contributed by atoms with Crippen LogP contribution in [0.4, 0.5) is 5.88 Å². The standard InChI is InChI=1S/C14H18N2O/c1-4-10(3)13-12(14(15)17-16-13)11-7-5-9(2)6-8-11/h5-8,10H,4,15H2,1-3H3. The van der Waals surface area contributed by atoms with Crippen LogP contribution < -0.4 is 5.73 Å². The number of rotatable bonds is 3. The lowest BCUT2D eigenvalue weighted by molar-refractivity contribution is 0.421. The van der Waals surface area contributed by atoms with Gasteiger partial charge in [-0.2, -0.15) is 0 Å². The van der Waals surface area contributed by atoms with Gasteiger partial charge in [0.1, 0.15) is 0 Å². The van der Waals surface area contributed by atoms with Crippen molar-refractivity contribution in [2.75, 3.05) is 5.73 Å². The van der Waals surface area contributed by atoms with E-state index in [0.717, 1.165) is 23.2 Å². The van der Waals surface area contributed by atoms with Crippen molar-refractivity contribution in [2.24, 2.45) is 0 Å². The van der Waals surface area contributed by atoms with Crippen LogP contribution in [0, 0.1) is 6.92 Å². The number of aryl methyl sites for hydroxylation is 1. The second-order valence-electron chi connectivity index (χ2n) is 4.48. The van der Waals surface area contributed by atoms with Gasteiger partial charge in [-0.1, -0.05) is 48.8 Å². The maximum atomic E-state index is 5.87. The molecule has 2 rings (SSSR count). The van der Waals surface area contributed by atoms with Crippen LogP contribution in [-0.4, -0.2) is 5.16 Å². The molecule has 1 aromatic heterocycles. The highest BCUT2D eigenvalue weighted by Gasteiger charge is 2.19. The third kappa shape index (κ3) is 2.18. The quantitative estimate of drug-likeness (QED) is 0.873. The lowest BCUT2D eigenvalue weighted by atomic mass is 9.96. The van der Waals surface area contributed by atoms with Gasteiger partial charge < -0.3 is 10.3 Å². The second-order valence-corrected chi connectivity index (χ2v) is 4.48. The summed E-state index contributed by atoms with van der Waals surface area (Å²) in [5, 5.41) is 4.09. The maximum Gasteiger partial charge on any atom is 0.230 e. The number of benzene rings is 1. The predicted molar refractivity (Wildman–Crippen MR) is 69.8 cm³/mol. The Balaban J connectivity index is 2.50. The van der Waals surface area contributed by atoms with Crippen LogP contribution in [0.15, 0.2) is 28.8 Å². The normalized spacial score (nSPS) is 12.6. The summed E-state index contributed by atoms with van der Waals surface area (Å²) in [6, 6.07) is 8.26. The number of hydrogen-bond acceptors (Lipinski definition) is 3. The van der Waals surface area contributed by atoms with Gasteiger partial charge in [0.05, 0.1) is 11.3 Å². The molecule has 0 aliphatic carbocycles. The Bertz CT molecular complexity index is 499. The molecule has 0 saturated heterocycles. The first-order valence-corrected chi connectivity index (χ1v) is 5.95. The Kier molecular flexibility index (Phi) is 3.18. The number of aromatic nitrogens is 1. The highest BCUT2D eigenvalue weighted by molar-refractivity contribution is 5.75. The predicted octanol–water partition coefficient (Wildman–Crippen LogP) is 3.75. The number of nitrogen functional groups attached to an aromatic ring is 1. The van der Waals surface area contributed by atoms with Crippen LogP contribution in [0.1, 0.15) is 37.4 Å². The molecule has 3 heteroatoms. The lowest BCUT2D eigenvalue weighted by Gasteiger charge is -2.07. The minimum atomic E-state index is 0.354. The summed E-state index contributed by atoms with van der Waals surface area (Å²) in [5.41, 5.74) is 10.1. The molecule has 2 aromatic rings. The van der Waals surface area contributed by atoms with E-state index >= 15 is 0 Å². The van der Waals surface area contributed by atoms with E-state index in [1.807, 2.05) is 0 Å². The molecule has 0 aliphatic heterocycles. The lowest BCUT2D eigenvalue weighted by Crippen LogP contribution is -1.95. The van der Waals surface area contributed by atoms with E-state index in [9.17, 15) is 0 Å². The van der Waals surface area contributed by atoms with Gasteiger partial charge in [0.2, 0.25) is 5.88 Å². The fraction of sp³-hybridized carbons (Fsp3) is 0.357. The topological polar surface area (TPSA) is 52.0 Å². The zero-order valence-corrected chi connectivity index (χ0v) is 10.5. The van der Waals surface area contributed by atoms with E-state index in [1.54, 1.807) is 0 Å². The van der Waals surface area contributed by atoms with Crippen molar-refractivity contribution in [1.82, 2.24) is 5.16 Å². The summed E-state index contributed by atoms with van der Waals surface area (Å²) in [5.74, 6) is 0.761. The Morgan fingerprint density at radius 2 is 1.94 bits per heavy atom. The van der Waals surface area contributed by atoms with Gasteiger partial charge in [-0.05, 0) is 18.9 Å². The monoisotopic (exact) mass is 230 g/mol. The summed E-state index contributed by atoms with van der Waals surface area (Å²) in [7, 11) is 0. The molecule has 0 bridgehead atoms. The smallest absolute Gasteiger partial charge is 0.230 e. The van der Waals surface area contributed by atoms with Gasteiger partial charge in [0.25, 0.3) is 0 Å². The van der Waals surface area contributed by atoms with Crippen LogP contribution in [0.25, 0.3) is 11.1 Å². The molecule has 2 N–H and O–H groups in total. The molecule has 0 fully saturated rings. The molecule has 17 heavy (non-hydrogen) atoms. The molecule has 1 aromatic carbocycles. The molecule has 1 unspecified atom stereocenters. The molecule has 0 spiro atoms. The van der Waals surface area contributed by atoms with E-state index in [2.05, 4.69) is 50.2 Å². The number of nitrogens with zero attached hydrogens (tertiary/aromatic N) is 1. The number of hydrogen-bond donors (Lipinski definition) is 1. The van der Waals surface area contributed by atoms with Crippen LogP contribution >= 0.6 is 0 Å². The third-order valence-corrected chi connectivity index (χ3v) is 3.16. The van der Waals surface area contributed by atoms with Crippen molar-refractivity contribution in [3.63, 3.8) is 0 Å². The van der Waals surface area contributed by atoms with Gasteiger partial charge in [0, 0.05) is 5.92 Å². The fourth-order valence-corrected chi connectivity index (χ4v) is 1.86. The van der Waals surface area contributed by atoms with Crippen LogP contribution in [0.2, 0.25) is 0 Å². The largest absolute Gasteiger partial charge is 0.367 e. The Hall–Kier alpha value is -1.77. The minimum absolute atomic E-state index is 0.354. The van der Waals surface area contributed by atoms with Crippen molar-refractivity contribution < 1.29 is 4.52 Å². The van der Waals surface area contributed by atoms with Crippen LogP contribution in [-0.2, 0) is 0 Å². The van der Waals surface area contributed by atoms with Crippen molar-refractivity contribution in [3.8, 4) is 11.1 Å². The molecule has 0 aliphatic rings. The van der Waals surface area contributed by atoms with Crippen molar-refractivity contribution in [3.05, 3.63) is 35.5 Å². The second kappa shape index (κ2) is 4.62. The van der Waals surface area contributed by atoms with Gasteiger partial charge in [0.15, 0.2) is 0 Å². The van der Waals surface area contributed by atoms with Crippen molar-refractivity contribution >= 4 is 5.88 Å². The summed E-state index contributed by atoms with van der Waals surface area (Å²) in [6.45, 7) is 6.33. The van der Waals surface area contributed by atoms with Crippen molar-refractivity contribution in [2.45, 2.75) is 33.1 Å². The number of anilines is 1. The molecule has 3 nitrogen and oxygen atoms in total. The number of nitrogens with two attached hydrogens (primary N) is 1. The first-order chi connectivity index (χ1) is 8.13. The average Bonchev–Trinajstić information content (AvgIpc) is 2.71. The molecule has 1 heterocycles. The summed E-state index contributed by atoms with van der Waals surface area (Å²) in [4.78, 5) is 0. The molecule has 90 valence electrons. The zero-order chi connectivity index (χ0) is 12.4.